The van der Waals surface area contributed by atoms with E-state index >= 15 is 0 Å². The molecule has 0 unspecified atom stereocenters. The lowest BCUT2D eigenvalue weighted by Crippen LogP contribution is -2.10. The zero-order valence-corrected chi connectivity index (χ0v) is 14.8. The topological polar surface area (TPSA) is 64.1 Å². The van der Waals surface area contributed by atoms with Crippen LogP contribution in [-0.2, 0) is 4.74 Å². The number of anilines is 2. The molecule has 1 N–H and O–H groups in total. The van der Waals surface area contributed by atoms with E-state index in [1.807, 2.05) is 38.1 Å². The lowest BCUT2D eigenvalue weighted by Gasteiger charge is -2.14. The van der Waals surface area contributed by atoms with Gasteiger partial charge in [0, 0.05) is 28.0 Å². The maximum Gasteiger partial charge on any atom is 0.341 e. The lowest BCUT2D eigenvalue weighted by atomic mass is 10.1. The van der Waals surface area contributed by atoms with Crippen LogP contribution in [0.2, 0.25) is 5.02 Å². The summed E-state index contributed by atoms with van der Waals surface area (Å²) in [5.41, 5.74) is 3.24. The van der Waals surface area contributed by atoms with E-state index < -0.39 is 5.97 Å². The Hall–Kier alpha value is -2.66. The number of hydrogen-bond acceptors (Lipinski definition) is 5. The highest BCUT2D eigenvalue weighted by Gasteiger charge is 2.17. The van der Waals surface area contributed by atoms with Crippen molar-refractivity contribution in [1.29, 1.82) is 0 Å². The highest BCUT2D eigenvalue weighted by atomic mass is 35.5. The number of esters is 1. The number of halogens is 1. The molecule has 2 heterocycles. The Morgan fingerprint density at radius 1 is 1.20 bits per heavy atom. The van der Waals surface area contributed by atoms with E-state index in [-0.39, 0.29) is 0 Å². The molecular weight excluding hydrogens is 338 g/mol. The van der Waals surface area contributed by atoms with Gasteiger partial charge in [0.25, 0.3) is 0 Å². The fourth-order valence-electron chi connectivity index (χ4n) is 2.41. The van der Waals surface area contributed by atoms with E-state index in [9.17, 15) is 4.79 Å². The van der Waals surface area contributed by atoms with Gasteiger partial charge in [-0.05, 0) is 49.7 Å². The number of rotatable bonds is 5. The molecule has 0 aliphatic carbocycles. The molecule has 3 aromatic rings. The molecule has 0 fully saturated rings. The van der Waals surface area contributed by atoms with E-state index in [1.54, 1.807) is 12.1 Å². The molecular formula is C19H18ClN3O2. The number of benzene rings is 1. The van der Waals surface area contributed by atoms with Crippen molar-refractivity contribution in [3.8, 4) is 0 Å². The van der Waals surface area contributed by atoms with E-state index in [0.717, 1.165) is 23.2 Å². The highest BCUT2D eigenvalue weighted by Crippen LogP contribution is 2.29. The zero-order chi connectivity index (χ0) is 17.8. The normalized spacial score (nSPS) is 10.7. The molecule has 6 heteroatoms. The second kappa shape index (κ2) is 7.49. The number of carbonyl (C=O) groups excluding carboxylic acids is 1. The molecule has 5 nitrogen and oxygen atoms in total. The molecule has 2 aromatic heterocycles. The van der Waals surface area contributed by atoms with Crippen LogP contribution in [0.5, 0.6) is 0 Å². The molecule has 0 bridgehead atoms. The molecule has 0 radical (unpaired) electrons. The summed E-state index contributed by atoms with van der Waals surface area (Å²) in [5.74, 6) is -0.409. The van der Waals surface area contributed by atoms with Gasteiger partial charge in [-0.15, -0.1) is 0 Å². The molecule has 0 amide bonds. The first-order valence-corrected chi connectivity index (χ1v) is 8.42. The standard InChI is InChI=1S/C19H18ClN3O2/c1-3-10-25-19(24)16-11-21-18-15(9-4-12(2)22-18)17(16)23-14-7-5-13(20)6-8-14/h4-9,11H,3,10H2,1-2H3,(H,21,22,23). The first-order chi connectivity index (χ1) is 12.1. The van der Waals surface area contributed by atoms with Crippen LogP contribution in [0.1, 0.15) is 29.4 Å². The van der Waals surface area contributed by atoms with Crippen LogP contribution < -0.4 is 5.32 Å². The third kappa shape index (κ3) is 3.88. The molecule has 3 rings (SSSR count). The van der Waals surface area contributed by atoms with Crippen LogP contribution in [0.25, 0.3) is 11.0 Å². The van der Waals surface area contributed by atoms with Crippen molar-refractivity contribution >= 4 is 40.0 Å². The van der Waals surface area contributed by atoms with Crippen molar-refractivity contribution in [2.45, 2.75) is 20.3 Å². The van der Waals surface area contributed by atoms with Crippen molar-refractivity contribution in [2.75, 3.05) is 11.9 Å². The van der Waals surface area contributed by atoms with Gasteiger partial charge in [-0.3, -0.25) is 0 Å². The number of carbonyl (C=O) groups is 1. The smallest absolute Gasteiger partial charge is 0.341 e. The van der Waals surface area contributed by atoms with E-state index in [1.165, 1.54) is 6.20 Å². The van der Waals surface area contributed by atoms with Crippen LogP contribution in [0.3, 0.4) is 0 Å². The Bertz CT molecular complexity index is 910. The van der Waals surface area contributed by atoms with Gasteiger partial charge in [0.05, 0.1) is 12.3 Å². The molecule has 0 atom stereocenters. The number of aryl methyl sites for hydroxylation is 1. The molecule has 1 aromatic carbocycles. The first-order valence-electron chi connectivity index (χ1n) is 8.04. The van der Waals surface area contributed by atoms with Crippen molar-refractivity contribution in [1.82, 2.24) is 9.97 Å². The Kier molecular flexibility index (Phi) is 5.14. The summed E-state index contributed by atoms with van der Waals surface area (Å²) >= 11 is 5.94. The third-order valence-corrected chi connectivity index (χ3v) is 3.89. The van der Waals surface area contributed by atoms with E-state index in [0.29, 0.717) is 28.5 Å². The first kappa shape index (κ1) is 17.2. The summed E-state index contributed by atoms with van der Waals surface area (Å²) < 4.78 is 5.29. The Morgan fingerprint density at radius 2 is 1.96 bits per heavy atom. The number of aromatic nitrogens is 2. The monoisotopic (exact) mass is 355 g/mol. The molecule has 128 valence electrons. The Morgan fingerprint density at radius 3 is 2.68 bits per heavy atom. The van der Waals surface area contributed by atoms with Gasteiger partial charge in [0.1, 0.15) is 5.56 Å². The molecule has 0 saturated heterocycles. The second-order valence-corrected chi connectivity index (χ2v) is 6.07. The molecule has 25 heavy (non-hydrogen) atoms. The van der Waals surface area contributed by atoms with E-state index in [2.05, 4.69) is 15.3 Å². The number of hydrogen-bond donors (Lipinski definition) is 1. The molecule has 0 aliphatic heterocycles. The maximum absolute atomic E-state index is 12.4. The van der Waals surface area contributed by atoms with Crippen LogP contribution in [0, 0.1) is 6.92 Å². The molecule has 0 saturated carbocycles. The largest absolute Gasteiger partial charge is 0.462 e. The number of fused-ring (bicyclic) bond motifs is 1. The zero-order valence-electron chi connectivity index (χ0n) is 14.0. The number of nitrogens with one attached hydrogen (secondary N) is 1. The van der Waals surface area contributed by atoms with Crippen molar-refractivity contribution in [2.24, 2.45) is 0 Å². The quantitative estimate of drug-likeness (QED) is 0.659. The Labute approximate surface area is 151 Å². The minimum Gasteiger partial charge on any atom is -0.462 e. The fourth-order valence-corrected chi connectivity index (χ4v) is 2.54. The minimum absolute atomic E-state index is 0.364. The summed E-state index contributed by atoms with van der Waals surface area (Å²) in [4.78, 5) is 21.2. The van der Waals surface area contributed by atoms with Gasteiger partial charge in [0.2, 0.25) is 0 Å². The molecule has 0 aliphatic rings. The average Bonchev–Trinajstić information content (AvgIpc) is 2.61. The lowest BCUT2D eigenvalue weighted by molar-refractivity contribution is 0.0506. The van der Waals surface area contributed by atoms with Crippen LogP contribution in [0.15, 0.2) is 42.6 Å². The van der Waals surface area contributed by atoms with Gasteiger partial charge in [-0.25, -0.2) is 14.8 Å². The summed E-state index contributed by atoms with van der Waals surface area (Å²) in [6.45, 7) is 4.21. The summed E-state index contributed by atoms with van der Waals surface area (Å²) in [5, 5.41) is 4.68. The van der Waals surface area contributed by atoms with Gasteiger partial charge in [-0.2, -0.15) is 0 Å². The predicted octanol–water partition coefficient (Wildman–Crippen LogP) is 4.90. The van der Waals surface area contributed by atoms with Gasteiger partial charge in [0.15, 0.2) is 5.65 Å². The van der Waals surface area contributed by atoms with Crippen molar-refractivity contribution in [3.05, 3.63) is 58.9 Å². The summed E-state index contributed by atoms with van der Waals surface area (Å²) in [6.07, 6.45) is 2.26. The third-order valence-electron chi connectivity index (χ3n) is 3.64. The van der Waals surface area contributed by atoms with Gasteiger partial charge >= 0.3 is 5.97 Å². The highest BCUT2D eigenvalue weighted by molar-refractivity contribution is 6.30. The van der Waals surface area contributed by atoms with Crippen LogP contribution >= 0.6 is 11.6 Å². The predicted molar refractivity (Wildman–Crippen MR) is 99.6 cm³/mol. The number of pyridine rings is 2. The van der Waals surface area contributed by atoms with Crippen LogP contribution in [0.4, 0.5) is 11.4 Å². The van der Waals surface area contributed by atoms with Gasteiger partial charge < -0.3 is 10.1 Å². The number of ether oxygens (including phenoxy) is 1. The average molecular weight is 356 g/mol. The minimum atomic E-state index is -0.409. The SMILES string of the molecule is CCCOC(=O)c1cnc2nc(C)ccc2c1Nc1ccc(Cl)cc1. The van der Waals surface area contributed by atoms with Crippen LogP contribution in [-0.4, -0.2) is 22.5 Å². The van der Waals surface area contributed by atoms with Crippen molar-refractivity contribution < 1.29 is 9.53 Å². The summed E-state index contributed by atoms with van der Waals surface area (Å²) in [6, 6.07) is 11.0. The number of nitrogens with zero attached hydrogens (tertiary/aromatic N) is 2. The van der Waals surface area contributed by atoms with E-state index in [4.69, 9.17) is 16.3 Å². The maximum atomic E-state index is 12.4. The van der Waals surface area contributed by atoms with Crippen molar-refractivity contribution in [3.63, 3.8) is 0 Å². The molecule has 0 spiro atoms. The fraction of sp³-hybridized carbons (Fsp3) is 0.211. The second-order valence-electron chi connectivity index (χ2n) is 5.64. The van der Waals surface area contributed by atoms with Gasteiger partial charge in [-0.1, -0.05) is 18.5 Å². The summed E-state index contributed by atoms with van der Waals surface area (Å²) in [7, 11) is 0. The Balaban J connectivity index is 2.09.